The van der Waals surface area contributed by atoms with Crippen LogP contribution < -0.4 is 0 Å². The Morgan fingerprint density at radius 3 is 2.44 bits per heavy atom. The Labute approximate surface area is 118 Å². The number of rotatable bonds is 2. The topological polar surface area (TPSA) is 26.3 Å². The van der Waals surface area contributed by atoms with Gasteiger partial charge in [-0.2, -0.15) is 0 Å². The average molecular weight is 286 g/mol. The van der Waals surface area contributed by atoms with Crippen molar-refractivity contribution in [3.05, 3.63) is 34.9 Å². The van der Waals surface area contributed by atoms with E-state index in [9.17, 15) is 4.55 Å². The van der Waals surface area contributed by atoms with E-state index in [0.29, 0.717) is 0 Å². The van der Waals surface area contributed by atoms with Crippen LogP contribution in [0.1, 0.15) is 45.2 Å². The van der Waals surface area contributed by atoms with Crippen LogP contribution in [0.4, 0.5) is 0 Å². The predicted molar refractivity (Wildman–Crippen MR) is 78.0 cm³/mol. The highest BCUT2D eigenvalue weighted by Gasteiger charge is 2.40. The molecule has 4 heteroatoms. The maximum absolute atomic E-state index is 12.4. The second-order valence-electron chi connectivity index (χ2n) is 5.19. The molecule has 0 bridgehead atoms. The van der Waals surface area contributed by atoms with E-state index in [1.165, 1.54) is 5.56 Å². The minimum Gasteiger partial charge on any atom is -0.598 e. The normalized spacial score (nSPS) is 29.8. The van der Waals surface area contributed by atoms with E-state index in [0.717, 1.165) is 17.9 Å². The summed E-state index contributed by atoms with van der Waals surface area (Å²) in [5.74, 6) is 0. The van der Waals surface area contributed by atoms with E-state index >= 15 is 0 Å². The van der Waals surface area contributed by atoms with Gasteiger partial charge in [0.25, 0.3) is 0 Å². The molecule has 2 rings (SSSR count). The zero-order chi connectivity index (χ0) is 13.3. The van der Waals surface area contributed by atoms with Crippen molar-refractivity contribution in [1.29, 1.82) is 0 Å². The summed E-state index contributed by atoms with van der Waals surface area (Å²) in [6.45, 7) is 6.29. The minimum atomic E-state index is -0.888. The molecular weight excluding hydrogens is 266 g/mol. The van der Waals surface area contributed by atoms with Crippen LogP contribution in [0.2, 0.25) is 5.02 Å². The summed E-state index contributed by atoms with van der Waals surface area (Å²) in [5.41, 5.74) is 1.22. The van der Waals surface area contributed by atoms with Gasteiger partial charge in [-0.05, 0) is 51.3 Å². The van der Waals surface area contributed by atoms with Gasteiger partial charge < -0.3 is 4.55 Å². The highest BCUT2D eigenvalue weighted by molar-refractivity contribution is 7.89. The fourth-order valence-electron chi connectivity index (χ4n) is 2.52. The molecule has 0 aliphatic carbocycles. The van der Waals surface area contributed by atoms with Gasteiger partial charge in [-0.15, -0.1) is 4.31 Å². The van der Waals surface area contributed by atoms with Crippen molar-refractivity contribution in [1.82, 2.24) is 4.31 Å². The molecule has 1 aliphatic rings. The van der Waals surface area contributed by atoms with Gasteiger partial charge in [0.05, 0.1) is 12.1 Å². The van der Waals surface area contributed by atoms with Gasteiger partial charge in [-0.25, -0.2) is 0 Å². The second kappa shape index (κ2) is 5.83. The Kier molecular flexibility index (Phi) is 4.59. The monoisotopic (exact) mass is 285 g/mol. The average Bonchev–Trinajstić information content (AvgIpc) is 2.33. The zero-order valence-electron chi connectivity index (χ0n) is 11.1. The lowest BCUT2D eigenvalue weighted by molar-refractivity contribution is 0.238. The van der Waals surface area contributed by atoms with Gasteiger partial charge in [-0.3, -0.25) is 0 Å². The molecule has 2 unspecified atom stereocenters. The number of hydrogen-bond acceptors (Lipinski definition) is 2. The largest absolute Gasteiger partial charge is 0.598 e. The quantitative estimate of drug-likeness (QED) is 0.770. The van der Waals surface area contributed by atoms with Crippen LogP contribution in [-0.2, 0) is 11.4 Å². The summed E-state index contributed by atoms with van der Waals surface area (Å²) in [6, 6.07) is 8.46. The Bertz CT molecular complexity index is 395. The SMILES string of the molecule is CC(C)N1C(c2ccc(Cl)cc2)CC[C@H](C)[S+]1[O-]. The van der Waals surface area contributed by atoms with Crippen LogP contribution in [-0.4, -0.2) is 20.1 Å². The van der Waals surface area contributed by atoms with Gasteiger partial charge in [0.2, 0.25) is 0 Å². The summed E-state index contributed by atoms with van der Waals surface area (Å²) in [5, 5.41) is 1.01. The molecule has 1 fully saturated rings. The van der Waals surface area contributed by atoms with Gasteiger partial charge in [-0.1, -0.05) is 23.7 Å². The van der Waals surface area contributed by atoms with Crippen LogP contribution in [0.15, 0.2) is 24.3 Å². The fourth-order valence-corrected chi connectivity index (χ4v) is 4.29. The molecular formula is C14H20ClNOS. The third kappa shape index (κ3) is 2.85. The highest BCUT2D eigenvalue weighted by atomic mass is 35.5. The summed E-state index contributed by atoms with van der Waals surface area (Å²) in [4.78, 5) is 0. The van der Waals surface area contributed by atoms with Crippen LogP contribution in [0.5, 0.6) is 0 Å². The molecule has 2 nitrogen and oxygen atoms in total. The molecule has 0 radical (unpaired) electrons. The molecule has 1 aromatic carbocycles. The van der Waals surface area contributed by atoms with Crippen molar-refractivity contribution in [3.63, 3.8) is 0 Å². The van der Waals surface area contributed by atoms with Crippen LogP contribution in [0, 0.1) is 0 Å². The molecule has 0 amide bonds. The third-order valence-electron chi connectivity index (χ3n) is 3.47. The van der Waals surface area contributed by atoms with E-state index < -0.39 is 11.4 Å². The van der Waals surface area contributed by atoms with Crippen LogP contribution in [0.25, 0.3) is 0 Å². The van der Waals surface area contributed by atoms with Crippen molar-refractivity contribution in [2.75, 3.05) is 0 Å². The fraction of sp³-hybridized carbons (Fsp3) is 0.571. The lowest BCUT2D eigenvalue weighted by Crippen LogP contribution is -2.47. The molecule has 0 N–H and O–H groups in total. The molecule has 1 saturated heterocycles. The third-order valence-corrected chi connectivity index (χ3v) is 5.74. The first-order chi connectivity index (χ1) is 8.50. The standard InChI is InChI=1S/C14H20ClNOS/c1-10(2)16-14(9-4-11(3)18(16)17)12-5-7-13(15)8-6-12/h5-8,10-11,14H,4,9H2,1-3H3/t11-,14?,18?/m0/s1. The zero-order valence-corrected chi connectivity index (χ0v) is 12.7. The van der Waals surface area contributed by atoms with Crippen LogP contribution in [0.3, 0.4) is 0 Å². The first kappa shape index (κ1) is 14.2. The summed E-state index contributed by atoms with van der Waals surface area (Å²) >= 11 is 5.04. The van der Waals surface area contributed by atoms with Gasteiger partial charge >= 0.3 is 0 Å². The van der Waals surface area contributed by atoms with Gasteiger partial charge in [0, 0.05) is 16.4 Å². The molecule has 0 spiro atoms. The first-order valence-electron chi connectivity index (χ1n) is 6.45. The number of nitrogens with zero attached hydrogens (tertiary/aromatic N) is 1. The Morgan fingerprint density at radius 2 is 1.89 bits per heavy atom. The molecule has 0 saturated carbocycles. The minimum absolute atomic E-state index is 0.249. The predicted octanol–water partition coefficient (Wildman–Crippen LogP) is 3.94. The van der Waals surface area contributed by atoms with Crippen LogP contribution >= 0.6 is 11.6 Å². The summed E-state index contributed by atoms with van der Waals surface area (Å²) in [7, 11) is 0. The first-order valence-corrected chi connectivity index (χ1v) is 8.00. The number of hydrogen-bond donors (Lipinski definition) is 0. The molecule has 18 heavy (non-hydrogen) atoms. The van der Waals surface area contributed by atoms with E-state index in [2.05, 4.69) is 37.2 Å². The maximum atomic E-state index is 12.4. The molecule has 1 aromatic rings. The molecule has 100 valence electrons. The van der Waals surface area contributed by atoms with Gasteiger partial charge in [0.1, 0.15) is 5.25 Å². The Hall–Kier alpha value is -0.220. The van der Waals surface area contributed by atoms with Crippen molar-refractivity contribution >= 4 is 23.0 Å². The summed E-state index contributed by atoms with van der Waals surface area (Å²) < 4.78 is 14.6. The lowest BCUT2D eigenvalue weighted by atomic mass is 10.00. The van der Waals surface area contributed by atoms with Crippen molar-refractivity contribution in [2.45, 2.75) is 50.9 Å². The molecule has 0 aromatic heterocycles. The Morgan fingerprint density at radius 1 is 1.28 bits per heavy atom. The second-order valence-corrected chi connectivity index (χ2v) is 7.40. The van der Waals surface area contributed by atoms with E-state index in [4.69, 9.17) is 11.6 Å². The van der Waals surface area contributed by atoms with Gasteiger partial charge in [0.15, 0.2) is 0 Å². The summed E-state index contributed by atoms with van der Waals surface area (Å²) in [6.07, 6.45) is 2.08. The Balaban J connectivity index is 2.27. The number of benzene rings is 1. The molecule has 3 atom stereocenters. The number of halogens is 1. The van der Waals surface area contributed by atoms with E-state index in [-0.39, 0.29) is 17.3 Å². The van der Waals surface area contributed by atoms with Crippen molar-refractivity contribution in [2.24, 2.45) is 0 Å². The van der Waals surface area contributed by atoms with Crippen molar-refractivity contribution < 1.29 is 4.55 Å². The molecule has 1 heterocycles. The van der Waals surface area contributed by atoms with E-state index in [1.807, 2.05) is 12.1 Å². The lowest BCUT2D eigenvalue weighted by Gasteiger charge is -2.41. The smallest absolute Gasteiger partial charge is 0.133 e. The van der Waals surface area contributed by atoms with Crippen molar-refractivity contribution in [3.8, 4) is 0 Å². The highest BCUT2D eigenvalue weighted by Crippen LogP contribution is 2.38. The maximum Gasteiger partial charge on any atom is 0.133 e. The van der Waals surface area contributed by atoms with E-state index in [1.54, 1.807) is 0 Å². The molecule has 1 aliphatic heterocycles.